The number of esters is 1. The van der Waals surface area contributed by atoms with Gasteiger partial charge in [0.05, 0.1) is 50.3 Å². The highest BCUT2D eigenvalue weighted by molar-refractivity contribution is 14.1. The molecule has 1 atom stereocenters. The number of thiazole rings is 1. The number of aromatic nitrogens is 1. The Balaban J connectivity index is 1.57. The minimum Gasteiger partial charge on any atom is -0.493 e. The number of hydrogen-bond donors (Lipinski definition) is 0. The standard InChI is InChI=1S/C34H30IN3O5S2/c1-19(2)43-33(40)29-20(3)37-34-38(30(29)22-10-12-25(44-5)13-11-22)32(39)28(45-34)16-21-14-26(35)31(27(15-21)41-4)42-18-24-9-7-6-8-23(24)17-36/h6-16,19,30H,18H2,1-5H3/b28-16-/t30-/m0/s1. The van der Waals surface area contributed by atoms with Crippen LogP contribution in [0.4, 0.5) is 0 Å². The summed E-state index contributed by atoms with van der Waals surface area (Å²) in [5, 5.41) is 9.43. The smallest absolute Gasteiger partial charge is 0.338 e. The molecular formula is C34H30IN3O5S2. The van der Waals surface area contributed by atoms with Crippen LogP contribution in [0.3, 0.4) is 0 Å². The number of carbonyl (C=O) groups is 1. The Labute approximate surface area is 282 Å². The zero-order valence-electron chi connectivity index (χ0n) is 25.3. The van der Waals surface area contributed by atoms with E-state index in [2.05, 4.69) is 33.7 Å². The van der Waals surface area contributed by atoms with Gasteiger partial charge in [-0.1, -0.05) is 41.7 Å². The molecule has 0 bridgehead atoms. The molecule has 8 nitrogen and oxygen atoms in total. The van der Waals surface area contributed by atoms with E-state index in [0.29, 0.717) is 37.7 Å². The van der Waals surface area contributed by atoms with Gasteiger partial charge in [0, 0.05) is 10.5 Å². The van der Waals surface area contributed by atoms with Crippen LogP contribution < -0.4 is 24.4 Å². The molecule has 4 aromatic rings. The van der Waals surface area contributed by atoms with Crippen molar-refractivity contribution >= 4 is 57.7 Å². The fourth-order valence-corrected chi connectivity index (χ4v) is 7.22. The Kier molecular flexibility index (Phi) is 10.2. The fraction of sp³-hybridized carbons (Fsp3) is 0.235. The van der Waals surface area contributed by atoms with Crippen molar-refractivity contribution in [2.45, 2.75) is 44.4 Å². The molecule has 0 aliphatic carbocycles. The van der Waals surface area contributed by atoms with Crippen LogP contribution in [0, 0.1) is 14.9 Å². The van der Waals surface area contributed by atoms with E-state index in [1.165, 1.54) is 11.3 Å². The highest BCUT2D eigenvalue weighted by Gasteiger charge is 2.33. The summed E-state index contributed by atoms with van der Waals surface area (Å²) in [5.74, 6) is 0.547. The average molecular weight is 752 g/mol. The van der Waals surface area contributed by atoms with Crippen molar-refractivity contribution in [3.63, 3.8) is 0 Å². The SMILES string of the molecule is COc1cc(/C=c2\sc3n(c2=O)[C@@H](c2ccc(SC)cc2)C(C(=O)OC(C)C)=C(C)N=3)cc(I)c1OCc1ccccc1C#N. The second-order valence-corrected chi connectivity index (χ2v) is 13.5. The minimum absolute atomic E-state index is 0.201. The summed E-state index contributed by atoms with van der Waals surface area (Å²) in [4.78, 5) is 33.7. The number of thioether (sulfide) groups is 1. The molecule has 0 spiro atoms. The molecule has 0 N–H and O–H groups in total. The lowest BCUT2D eigenvalue weighted by atomic mass is 9.96. The van der Waals surface area contributed by atoms with Crippen molar-refractivity contribution in [2.75, 3.05) is 13.4 Å². The van der Waals surface area contributed by atoms with Crippen LogP contribution in [0.2, 0.25) is 0 Å². The predicted molar refractivity (Wildman–Crippen MR) is 184 cm³/mol. The van der Waals surface area contributed by atoms with E-state index >= 15 is 0 Å². The number of methoxy groups -OCH3 is 1. The van der Waals surface area contributed by atoms with E-state index in [-0.39, 0.29) is 18.3 Å². The van der Waals surface area contributed by atoms with Gasteiger partial charge in [0.2, 0.25) is 0 Å². The Morgan fingerprint density at radius 3 is 2.60 bits per heavy atom. The van der Waals surface area contributed by atoms with Crippen LogP contribution in [0.15, 0.2) is 86.6 Å². The average Bonchev–Trinajstić information content (AvgIpc) is 3.32. The lowest BCUT2D eigenvalue weighted by Gasteiger charge is -2.25. The van der Waals surface area contributed by atoms with Gasteiger partial charge in [-0.25, -0.2) is 9.79 Å². The van der Waals surface area contributed by atoms with Gasteiger partial charge in [0.1, 0.15) is 6.61 Å². The summed E-state index contributed by atoms with van der Waals surface area (Å²) < 4.78 is 20.2. The van der Waals surface area contributed by atoms with Gasteiger partial charge in [-0.15, -0.1) is 11.8 Å². The Hall–Kier alpha value is -3.86. The molecule has 1 aliphatic heterocycles. The number of halogens is 1. The molecule has 1 aliphatic rings. The first kappa shape index (κ1) is 32.5. The number of carbonyl (C=O) groups excluding carboxylic acids is 1. The molecule has 230 valence electrons. The van der Waals surface area contributed by atoms with E-state index in [1.807, 2.05) is 54.8 Å². The van der Waals surface area contributed by atoms with Crippen LogP contribution >= 0.6 is 45.7 Å². The van der Waals surface area contributed by atoms with Crippen molar-refractivity contribution in [2.24, 2.45) is 4.99 Å². The molecule has 45 heavy (non-hydrogen) atoms. The summed E-state index contributed by atoms with van der Waals surface area (Å²) in [5.41, 5.74) is 3.45. The molecule has 0 saturated heterocycles. The lowest BCUT2D eigenvalue weighted by molar-refractivity contribution is -0.143. The predicted octanol–water partition coefficient (Wildman–Crippen LogP) is 5.97. The molecule has 1 aromatic heterocycles. The quantitative estimate of drug-likeness (QED) is 0.118. The molecule has 11 heteroatoms. The first-order valence-electron chi connectivity index (χ1n) is 14.0. The molecule has 0 radical (unpaired) electrons. The molecule has 0 unspecified atom stereocenters. The number of rotatable bonds is 9. The van der Waals surface area contributed by atoms with Crippen LogP contribution in [0.25, 0.3) is 6.08 Å². The van der Waals surface area contributed by atoms with E-state index < -0.39 is 12.0 Å². The topological polar surface area (TPSA) is 103 Å². The zero-order valence-corrected chi connectivity index (χ0v) is 29.1. The Morgan fingerprint density at radius 1 is 1.20 bits per heavy atom. The van der Waals surface area contributed by atoms with Crippen molar-refractivity contribution in [1.29, 1.82) is 5.26 Å². The molecule has 0 amide bonds. The maximum absolute atomic E-state index is 14.1. The first-order valence-corrected chi connectivity index (χ1v) is 17.1. The largest absolute Gasteiger partial charge is 0.493 e. The number of fused-ring (bicyclic) bond motifs is 1. The Morgan fingerprint density at radius 2 is 1.93 bits per heavy atom. The van der Waals surface area contributed by atoms with Gasteiger partial charge < -0.3 is 14.2 Å². The van der Waals surface area contributed by atoms with Gasteiger partial charge in [0.25, 0.3) is 5.56 Å². The number of nitrogens with zero attached hydrogens (tertiary/aromatic N) is 3. The van der Waals surface area contributed by atoms with Crippen molar-refractivity contribution < 1.29 is 19.0 Å². The third-order valence-corrected chi connectivity index (χ3v) is 9.60. The second-order valence-electron chi connectivity index (χ2n) is 10.4. The van der Waals surface area contributed by atoms with Gasteiger partial charge >= 0.3 is 5.97 Å². The molecule has 2 heterocycles. The minimum atomic E-state index is -0.688. The van der Waals surface area contributed by atoms with Crippen LogP contribution in [-0.4, -0.2) is 30.0 Å². The lowest BCUT2D eigenvalue weighted by Crippen LogP contribution is -2.40. The van der Waals surface area contributed by atoms with Crippen LogP contribution in [0.5, 0.6) is 11.5 Å². The van der Waals surface area contributed by atoms with E-state index in [9.17, 15) is 14.9 Å². The van der Waals surface area contributed by atoms with Crippen molar-refractivity contribution in [1.82, 2.24) is 4.57 Å². The molecule has 0 fully saturated rings. The normalized spacial score (nSPS) is 14.5. The van der Waals surface area contributed by atoms with Crippen LogP contribution in [-0.2, 0) is 16.1 Å². The van der Waals surface area contributed by atoms with E-state index in [0.717, 1.165) is 25.2 Å². The van der Waals surface area contributed by atoms with E-state index in [4.69, 9.17) is 14.2 Å². The summed E-state index contributed by atoms with van der Waals surface area (Å²) in [6.45, 7) is 5.57. The molecule has 0 saturated carbocycles. The van der Waals surface area contributed by atoms with Gasteiger partial charge in [0.15, 0.2) is 16.3 Å². The zero-order chi connectivity index (χ0) is 32.2. The van der Waals surface area contributed by atoms with Crippen molar-refractivity contribution in [3.05, 3.63) is 117 Å². The maximum atomic E-state index is 14.1. The number of benzene rings is 3. The van der Waals surface area contributed by atoms with E-state index in [1.54, 1.807) is 62.4 Å². The van der Waals surface area contributed by atoms with Gasteiger partial charge in [-0.2, -0.15) is 5.26 Å². The third-order valence-electron chi connectivity index (χ3n) is 7.08. The monoisotopic (exact) mass is 751 g/mol. The summed E-state index contributed by atoms with van der Waals surface area (Å²) in [7, 11) is 1.56. The number of ether oxygens (including phenoxy) is 3. The summed E-state index contributed by atoms with van der Waals surface area (Å²) >= 11 is 5.05. The number of nitriles is 1. The first-order chi connectivity index (χ1) is 21.6. The third kappa shape index (κ3) is 6.88. The van der Waals surface area contributed by atoms with Gasteiger partial charge in [-0.3, -0.25) is 9.36 Å². The number of allylic oxidation sites excluding steroid dienone is 1. The highest BCUT2D eigenvalue weighted by Crippen LogP contribution is 2.35. The summed E-state index contributed by atoms with van der Waals surface area (Å²) in [6.07, 6.45) is 3.46. The highest BCUT2D eigenvalue weighted by atomic mass is 127. The van der Waals surface area contributed by atoms with Crippen molar-refractivity contribution in [3.8, 4) is 17.6 Å². The fourth-order valence-electron chi connectivity index (χ4n) is 4.98. The Bertz CT molecular complexity index is 2020. The second kappa shape index (κ2) is 14.1. The number of hydrogen-bond acceptors (Lipinski definition) is 9. The molecule has 3 aromatic carbocycles. The van der Waals surface area contributed by atoms with Gasteiger partial charge in [-0.05, 0) is 97.2 Å². The van der Waals surface area contributed by atoms with Crippen LogP contribution in [0.1, 0.15) is 49.1 Å². The summed E-state index contributed by atoms with van der Waals surface area (Å²) in [6, 6.07) is 20.3. The molecular weight excluding hydrogens is 721 g/mol. The molecule has 5 rings (SSSR count). The maximum Gasteiger partial charge on any atom is 0.338 e.